The Morgan fingerprint density at radius 1 is 1.14 bits per heavy atom. The molecule has 4 rings (SSSR count). The predicted octanol–water partition coefficient (Wildman–Crippen LogP) is 4.32. The van der Waals surface area contributed by atoms with Crippen LogP contribution in [0.3, 0.4) is 0 Å². The van der Waals surface area contributed by atoms with Crippen LogP contribution in [0.5, 0.6) is 0 Å². The summed E-state index contributed by atoms with van der Waals surface area (Å²) in [6.07, 6.45) is 7.06. The second-order valence-corrected chi connectivity index (χ2v) is 6.78. The lowest BCUT2D eigenvalue weighted by Crippen LogP contribution is -2.36. The molecule has 0 spiro atoms. The lowest BCUT2D eigenvalue weighted by Gasteiger charge is -2.23. The Morgan fingerprint density at radius 2 is 2.00 bits per heavy atom. The van der Waals surface area contributed by atoms with Gasteiger partial charge in [-0.25, -0.2) is 0 Å². The molecular weight excluding hydrogens is 358 g/mol. The summed E-state index contributed by atoms with van der Waals surface area (Å²) in [6, 6.07) is 11.6. The molecule has 1 fully saturated rings. The molecule has 3 nitrogen and oxygen atoms in total. The average Bonchev–Trinajstić information content (AvgIpc) is 2.96. The summed E-state index contributed by atoms with van der Waals surface area (Å²) in [5, 5.41) is 5.94. The average molecular weight is 378 g/mol. The van der Waals surface area contributed by atoms with Crippen LogP contribution >= 0.6 is 28.7 Å². The van der Waals surface area contributed by atoms with Gasteiger partial charge in [0, 0.05) is 17.3 Å². The smallest absolute Gasteiger partial charge is 0.157 e. The molecule has 2 heterocycles. The maximum atomic E-state index is 4.85. The lowest BCUT2D eigenvalue weighted by atomic mass is 9.92. The third kappa shape index (κ3) is 3.15. The molecule has 0 amide bonds. The van der Waals surface area contributed by atoms with Gasteiger partial charge in [-0.05, 0) is 24.5 Å². The summed E-state index contributed by atoms with van der Waals surface area (Å²) in [7, 11) is 0. The standard InChI is InChI=1S/C17H19N3S.BrH/c1-2-9-15-14(8-1)19-17(20-15)21-11-13-6-3-5-12-7-4-10-18-16(12)13;/h3-7,10,14-15H,1-2,8-9,11H2,(H,19,20);1H. The summed E-state index contributed by atoms with van der Waals surface area (Å²) in [6.45, 7) is 0. The number of nitrogens with one attached hydrogen (secondary N) is 1. The molecule has 5 heteroatoms. The zero-order valence-corrected chi connectivity index (χ0v) is 14.9. The molecule has 116 valence electrons. The quantitative estimate of drug-likeness (QED) is 0.846. The van der Waals surface area contributed by atoms with E-state index < -0.39 is 0 Å². The van der Waals surface area contributed by atoms with Crippen molar-refractivity contribution in [1.29, 1.82) is 0 Å². The van der Waals surface area contributed by atoms with Crippen LogP contribution < -0.4 is 5.32 Å². The number of benzene rings is 1. The van der Waals surface area contributed by atoms with Gasteiger partial charge in [-0.3, -0.25) is 9.98 Å². The number of aliphatic imine (C=N–C) groups is 1. The van der Waals surface area contributed by atoms with Gasteiger partial charge in [0.25, 0.3) is 0 Å². The highest BCUT2D eigenvalue weighted by atomic mass is 79.9. The Balaban J connectivity index is 0.00000144. The number of rotatable bonds is 2. The first kappa shape index (κ1) is 15.8. The van der Waals surface area contributed by atoms with Crippen LogP contribution in [0.15, 0.2) is 41.5 Å². The minimum atomic E-state index is 0. The van der Waals surface area contributed by atoms with E-state index in [2.05, 4.69) is 34.6 Å². The second kappa shape index (κ2) is 7.01. The molecule has 22 heavy (non-hydrogen) atoms. The van der Waals surface area contributed by atoms with E-state index >= 15 is 0 Å². The Bertz CT molecular complexity index is 683. The van der Waals surface area contributed by atoms with Gasteiger partial charge in [-0.15, -0.1) is 17.0 Å². The molecule has 2 unspecified atom stereocenters. The Morgan fingerprint density at radius 3 is 2.91 bits per heavy atom. The van der Waals surface area contributed by atoms with Gasteiger partial charge in [0.2, 0.25) is 0 Å². The third-order valence-corrected chi connectivity index (χ3v) is 5.35. The van der Waals surface area contributed by atoms with Gasteiger partial charge < -0.3 is 5.32 Å². The highest BCUT2D eigenvalue weighted by molar-refractivity contribution is 8.93. The number of halogens is 1. The van der Waals surface area contributed by atoms with Gasteiger partial charge in [-0.2, -0.15) is 0 Å². The van der Waals surface area contributed by atoms with Crippen molar-refractivity contribution >= 4 is 44.8 Å². The number of thioether (sulfide) groups is 1. The van der Waals surface area contributed by atoms with E-state index in [4.69, 9.17) is 4.99 Å². The van der Waals surface area contributed by atoms with Crippen LogP contribution in [0.2, 0.25) is 0 Å². The lowest BCUT2D eigenvalue weighted by molar-refractivity contribution is 0.385. The van der Waals surface area contributed by atoms with Gasteiger partial charge in [0.15, 0.2) is 5.17 Å². The zero-order valence-electron chi connectivity index (χ0n) is 12.4. The number of fused-ring (bicyclic) bond motifs is 2. The predicted molar refractivity (Wildman–Crippen MR) is 100.0 cm³/mol. The molecule has 0 radical (unpaired) electrons. The van der Waals surface area contributed by atoms with E-state index in [0.29, 0.717) is 12.1 Å². The molecule has 1 aliphatic carbocycles. The molecule has 1 aromatic carbocycles. The normalized spacial score (nSPS) is 23.4. The maximum absolute atomic E-state index is 4.85. The zero-order chi connectivity index (χ0) is 14.1. The van der Waals surface area contributed by atoms with Crippen LogP contribution in [0, 0.1) is 0 Å². The van der Waals surface area contributed by atoms with E-state index in [-0.39, 0.29) is 17.0 Å². The number of aromatic nitrogens is 1. The van der Waals surface area contributed by atoms with Crippen molar-refractivity contribution in [2.24, 2.45) is 4.99 Å². The second-order valence-electron chi connectivity index (χ2n) is 5.82. The molecule has 1 aromatic heterocycles. The van der Waals surface area contributed by atoms with Crippen molar-refractivity contribution in [1.82, 2.24) is 10.3 Å². The number of hydrogen-bond donors (Lipinski definition) is 1. The van der Waals surface area contributed by atoms with Crippen molar-refractivity contribution in [3.05, 3.63) is 42.1 Å². The Kier molecular flexibility index (Phi) is 5.03. The van der Waals surface area contributed by atoms with Crippen molar-refractivity contribution in [2.45, 2.75) is 43.5 Å². The highest BCUT2D eigenvalue weighted by Crippen LogP contribution is 2.29. The molecular formula is C17H20BrN3S. The van der Waals surface area contributed by atoms with E-state index in [0.717, 1.165) is 16.4 Å². The molecule has 1 N–H and O–H groups in total. The molecule has 0 bridgehead atoms. The number of pyridine rings is 1. The summed E-state index contributed by atoms with van der Waals surface area (Å²) in [5.74, 6) is 0.930. The fourth-order valence-electron chi connectivity index (χ4n) is 3.29. The highest BCUT2D eigenvalue weighted by Gasteiger charge is 2.30. The maximum Gasteiger partial charge on any atom is 0.157 e. The van der Waals surface area contributed by atoms with Crippen molar-refractivity contribution in [3.63, 3.8) is 0 Å². The SMILES string of the molecule is Br.c1cnc2c(CSC3=NC4CCCCC4N3)cccc2c1. The van der Waals surface area contributed by atoms with E-state index in [1.807, 2.05) is 24.0 Å². The minimum Gasteiger partial charge on any atom is -0.360 e. The first-order valence-electron chi connectivity index (χ1n) is 7.70. The minimum absolute atomic E-state index is 0. The summed E-state index contributed by atoms with van der Waals surface area (Å²) in [5.41, 5.74) is 2.40. The fourth-order valence-corrected chi connectivity index (χ4v) is 4.26. The van der Waals surface area contributed by atoms with Crippen LogP contribution in [0.4, 0.5) is 0 Å². The number of hydrogen-bond acceptors (Lipinski definition) is 4. The van der Waals surface area contributed by atoms with Gasteiger partial charge >= 0.3 is 0 Å². The summed E-state index contributed by atoms with van der Waals surface area (Å²) in [4.78, 5) is 9.38. The Hall–Kier alpha value is -1.07. The number of nitrogens with zero attached hydrogens (tertiary/aromatic N) is 2. The summed E-state index contributed by atoms with van der Waals surface area (Å²) < 4.78 is 0. The molecule has 1 aliphatic heterocycles. The first-order valence-corrected chi connectivity index (χ1v) is 8.68. The van der Waals surface area contributed by atoms with Gasteiger partial charge in [0.05, 0.1) is 17.6 Å². The number of para-hydroxylation sites is 1. The van der Waals surface area contributed by atoms with Crippen molar-refractivity contribution < 1.29 is 0 Å². The Labute approximate surface area is 145 Å². The van der Waals surface area contributed by atoms with E-state index in [9.17, 15) is 0 Å². The third-order valence-electron chi connectivity index (χ3n) is 4.40. The van der Waals surface area contributed by atoms with E-state index in [1.165, 1.54) is 36.6 Å². The summed E-state index contributed by atoms with van der Waals surface area (Å²) >= 11 is 1.82. The van der Waals surface area contributed by atoms with Gasteiger partial charge in [0.1, 0.15) is 0 Å². The topological polar surface area (TPSA) is 37.3 Å². The molecule has 0 saturated heterocycles. The number of amidine groups is 1. The van der Waals surface area contributed by atoms with E-state index in [1.54, 1.807) is 0 Å². The molecule has 2 aromatic rings. The first-order chi connectivity index (χ1) is 10.4. The van der Waals surface area contributed by atoms with Crippen LogP contribution in [0.25, 0.3) is 10.9 Å². The fraction of sp³-hybridized carbons (Fsp3) is 0.412. The van der Waals surface area contributed by atoms with Crippen molar-refractivity contribution in [3.8, 4) is 0 Å². The van der Waals surface area contributed by atoms with Crippen LogP contribution in [0.1, 0.15) is 31.2 Å². The monoisotopic (exact) mass is 377 g/mol. The van der Waals surface area contributed by atoms with Crippen molar-refractivity contribution in [2.75, 3.05) is 0 Å². The largest absolute Gasteiger partial charge is 0.360 e. The van der Waals surface area contributed by atoms with Crippen LogP contribution in [-0.2, 0) is 5.75 Å². The molecule has 2 atom stereocenters. The molecule has 1 saturated carbocycles. The van der Waals surface area contributed by atoms with Crippen LogP contribution in [-0.4, -0.2) is 22.2 Å². The van der Waals surface area contributed by atoms with Gasteiger partial charge in [-0.1, -0.05) is 48.9 Å². The molecule has 2 aliphatic rings.